The van der Waals surface area contributed by atoms with Gasteiger partial charge in [-0.1, -0.05) is 20.8 Å². The van der Waals surface area contributed by atoms with Crippen molar-refractivity contribution in [2.45, 2.75) is 47.1 Å². The molecule has 0 aromatic heterocycles. The number of esters is 1. The number of hydrogen-bond acceptors (Lipinski definition) is 4. The molecule has 0 aliphatic carbocycles. The van der Waals surface area contributed by atoms with Gasteiger partial charge in [0.15, 0.2) is 0 Å². The molecule has 112 valence electrons. The number of rotatable bonds is 4. The van der Waals surface area contributed by atoms with Crippen LogP contribution >= 0.6 is 0 Å². The molecule has 19 heavy (non-hydrogen) atoms. The fraction of sp³-hybridized carbons (Fsp3) is 0.933. The highest BCUT2D eigenvalue weighted by Crippen LogP contribution is 2.39. The van der Waals surface area contributed by atoms with Crippen LogP contribution in [0.3, 0.4) is 0 Å². The van der Waals surface area contributed by atoms with Gasteiger partial charge >= 0.3 is 5.97 Å². The minimum absolute atomic E-state index is 0.122. The molecule has 1 heterocycles. The smallest absolute Gasteiger partial charge is 0.315 e. The van der Waals surface area contributed by atoms with Crippen LogP contribution < -0.4 is 5.32 Å². The van der Waals surface area contributed by atoms with Crippen LogP contribution in [-0.2, 0) is 14.3 Å². The number of carbonyl (C=O) groups is 1. The highest BCUT2D eigenvalue weighted by molar-refractivity contribution is 5.77. The van der Waals surface area contributed by atoms with Crippen molar-refractivity contribution in [2.75, 3.05) is 26.8 Å². The molecule has 4 heteroatoms. The summed E-state index contributed by atoms with van der Waals surface area (Å²) in [5, 5.41) is 3.39. The molecule has 0 spiro atoms. The van der Waals surface area contributed by atoms with E-state index in [1.807, 2.05) is 13.8 Å². The van der Waals surface area contributed by atoms with Crippen LogP contribution in [0, 0.1) is 16.7 Å². The van der Waals surface area contributed by atoms with Crippen LogP contribution in [0.4, 0.5) is 0 Å². The first-order valence-corrected chi connectivity index (χ1v) is 7.12. The molecule has 1 N–H and O–H groups in total. The molecule has 0 bridgehead atoms. The standard InChI is InChI=1S/C15H29NO3/c1-11(2)19-10-15(13(17)18-6)7-12(8-16-9-15)14(3,4)5/h11-12,16H,7-10H2,1-6H3/t12-,15-/m1/s1. The highest BCUT2D eigenvalue weighted by Gasteiger charge is 2.46. The first kappa shape index (κ1) is 16.4. The van der Waals surface area contributed by atoms with E-state index in [-0.39, 0.29) is 17.5 Å². The van der Waals surface area contributed by atoms with Crippen molar-refractivity contribution in [3.63, 3.8) is 0 Å². The molecule has 0 radical (unpaired) electrons. The third-order valence-corrected chi connectivity index (χ3v) is 4.03. The lowest BCUT2D eigenvalue weighted by Crippen LogP contribution is -2.54. The Hall–Kier alpha value is -0.610. The molecule has 0 aromatic carbocycles. The van der Waals surface area contributed by atoms with Crippen molar-refractivity contribution in [1.29, 1.82) is 0 Å². The summed E-state index contributed by atoms with van der Waals surface area (Å²) in [4.78, 5) is 12.2. The van der Waals surface area contributed by atoms with E-state index >= 15 is 0 Å². The van der Waals surface area contributed by atoms with Crippen molar-refractivity contribution >= 4 is 5.97 Å². The maximum Gasteiger partial charge on any atom is 0.315 e. The third kappa shape index (κ3) is 4.18. The van der Waals surface area contributed by atoms with Gasteiger partial charge in [-0.25, -0.2) is 0 Å². The summed E-state index contributed by atoms with van der Waals surface area (Å²) in [5.41, 5.74) is -0.375. The van der Waals surface area contributed by atoms with Gasteiger partial charge in [0.1, 0.15) is 5.41 Å². The van der Waals surface area contributed by atoms with Gasteiger partial charge in [0.25, 0.3) is 0 Å². The molecule has 1 fully saturated rings. The summed E-state index contributed by atoms with van der Waals surface area (Å²) in [7, 11) is 1.46. The fourth-order valence-electron chi connectivity index (χ4n) is 2.58. The second kappa shape index (κ2) is 6.23. The summed E-state index contributed by atoms with van der Waals surface area (Å²) in [6, 6.07) is 0. The lowest BCUT2D eigenvalue weighted by atomic mass is 9.68. The third-order valence-electron chi connectivity index (χ3n) is 4.03. The quantitative estimate of drug-likeness (QED) is 0.797. The predicted molar refractivity (Wildman–Crippen MR) is 76.0 cm³/mol. The average Bonchev–Trinajstić information content (AvgIpc) is 2.34. The highest BCUT2D eigenvalue weighted by atomic mass is 16.5. The lowest BCUT2D eigenvalue weighted by molar-refractivity contribution is -0.162. The summed E-state index contributed by atoms with van der Waals surface area (Å²) >= 11 is 0. The number of hydrogen-bond donors (Lipinski definition) is 1. The Labute approximate surface area is 117 Å². The van der Waals surface area contributed by atoms with Crippen LogP contribution in [-0.4, -0.2) is 38.9 Å². The van der Waals surface area contributed by atoms with Gasteiger partial charge in [0.2, 0.25) is 0 Å². The average molecular weight is 271 g/mol. The van der Waals surface area contributed by atoms with Crippen molar-refractivity contribution in [2.24, 2.45) is 16.7 Å². The second-order valence-electron chi connectivity index (χ2n) is 7.03. The Morgan fingerprint density at radius 1 is 1.42 bits per heavy atom. The molecule has 2 atom stereocenters. The molecule has 4 nitrogen and oxygen atoms in total. The monoisotopic (exact) mass is 271 g/mol. The van der Waals surface area contributed by atoms with Crippen LogP contribution in [0.15, 0.2) is 0 Å². The second-order valence-corrected chi connectivity index (χ2v) is 7.03. The molecule has 1 aliphatic heterocycles. The Morgan fingerprint density at radius 2 is 2.05 bits per heavy atom. The number of carbonyl (C=O) groups excluding carboxylic acids is 1. The SMILES string of the molecule is COC(=O)[C@@]1(COC(C)C)CNC[C@H](C(C)(C)C)C1. The van der Waals surface area contributed by atoms with Gasteiger partial charge in [0.05, 0.1) is 19.8 Å². The van der Waals surface area contributed by atoms with Crippen LogP contribution in [0.2, 0.25) is 0 Å². The molecule has 0 aromatic rings. The number of methoxy groups -OCH3 is 1. The van der Waals surface area contributed by atoms with Crippen LogP contribution in [0.25, 0.3) is 0 Å². The molecule has 0 amide bonds. The Balaban J connectivity index is 2.87. The summed E-state index contributed by atoms with van der Waals surface area (Å²) in [6.45, 7) is 12.6. The zero-order chi connectivity index (χ0) is 14.7. The zero-order valence-corrected chi connectivity index (χ0v) is 13.2. The van der Waals surface area contributed by atoms with E-state index in [9.17, 15) is 4.79 Å². The predicted octanol–water partition coefficient (Wildman–Crippen LogP) is 2.23. The molecular formula is C15H29NO3. The molecule has 0 unspecified atom stereocenters. The van der Waals surface area contributed by atoms with E-state index in [1.54, 1.807) is 0 Å². The Kier molecular flexibility index (Phi) is 5.39. The first-order valence-electron chi connectivity index (χ1n) is 7.12. The maximum atomic E-state index is 12.2. The van der Waals surface area contributed by atoms with Crippen molar-refractivity contribution in [3.8, 4) is 0 Å². The first-order chi connectivity index (χ1) is 8.71. The molecule has 0 saturated carbocycles. The molecule has 1 saturated heterocycles. The van der Waals surface area contributed by atoms with E-state index in [1.165, 1.54) is 7.11 Å². The van der Waals surface area contributed by atoms with Gasteiger partial charge in [0, 0.05) is 6.54 Å². The van der Waals surface area contributed by atoms with Crippen LogP contribution in [0.5, 0.6) is 0 Å². The molecule has 1 aliphatic rings. The van der Waals surface area contributed by atoms with Crippen LogP contribution in [0.1, 0.15) is 41.0 Å². The molecular weight excluding hydrogens is 242 g/mol. The molecule has 1 rings (SSSR count). The Morgan fingerprint density at radius 3 is 2.53 bits per heavy atom. The van der Waals surface area contributed by atoms with E-state index in [0.29, 0.717) is 19.1 Å². The number of ether oxygens (including phenoxy) is 2. The van der Waals surface area contributed by atoms with Gasteiger partial charge in [-0.3, -0.25) is 4.79 Å². The van der Waals surface area contributed by atoms with E-state index in [4.69, 9.17) is 9.47 Å². The Bertz CT molecular complexity index is 309. The lowest BCUT2D eigenvalue weighted by Gasteiger charge is -2.44. The van der Waals surface area contributed by atoms with Gasteiger partial charge in [-0.2, -0.15) is 0 Å². The van der Waals surface area contributed by atoms with Crippen molar-refractivity contribution in [3.05, 3.63) is 0 Å². The topological polar surface area (TPSA) is 47.6 Å². The van der Waals surface area contributed by atoms with Crippen molar-refractivity contribution < 1.29 is 14.3 Å². The van der Waals surface area contributed by atoms with E-state index in [0.717, 1.165) is 13.0 Å². The fourth-order valence-corrected chi connectivity index (χ4v) is 2.58. The minimum Gasteiger partial charge on any atom is -0.468 e. The van der Waals surface area contributed by atoms with E-state index in [2.05, 4.69) is 26.1 Å². The summed E-state index contributed by atoms with van der Waals surface area (Å²) in [5.74, 6) is 0.283. The number of nitrogens with one attached hydrogen (secondary N) is 1. The summed E-state index contributed by atoms with van der Waals surface area (Å²) < 4.78 is 10.8. The summed E-state index contributed by atoms with van der Waals surface area (Å²) in [6.07, 6.45) is 0.944. The van der Waals surface area contributed by atoms with Crippen molar-refractivity contribution in [1.82, 2.24) is 5.32 Å². The van der Waals surface area contributed by atoms with Gasteiger partial charge in [-0.15, -0.1) is 0 Å². The zero-order valence-electron chi connectivity index (χ0n) is 13.2. The minimum atomic E-state index is -0.546. The van der Waals surface area contributed by atoms with Gasteiger partial charge in [-0.05, 0) is 38.1 Å². The normalized spacial score (nSPS) is 28.5. The maximum absolute atomic E-state index is 12.2. The number of piperidine rings is 1. The van der Waals surface area contributed by atoms with Gasteiger partial charge < -0.3 is 14.8 Å². The van der Waals surface area contributed by atoms with E-state index < -0.39 is 5.41 Å². The largest absolute Gasteiger partial charge is 0.468 e.